The summed E-state index contributed by atoms with van der Waals surface area (Å²) < 4.78 is 11.3. The first-order chi connectivity index (χ1) is 7.38. The van der Waals surface area contributed by atoms with Gasteiger partial charge in [0.15, 0.2) is 0 Å². The van der Waals surface area contributed by atoms with Gasteiger partial charge in [-0.05, 0) is 38.5 Å². The summed E-state index contributed by atoms with van der Waals surface area (Å²) in [7, 11) is 0. The molecule has 1 saturated heterocycles. The predicted molar refractivity (Wildman–Crippen MR) is 56.7 cm³/mol. The highest BCUT2D eigenvalue weighted by Gasteiger charge is 2.24. The largest absolute Gasteiger partial charge is 0.381 e. The molecule has 2 fully saturated rings. The van der Waals surface area contributed by atoms with Gasteiger partial charge in [-0.2, -0.15) is 0 Å². The molecule has 0 aromatic carbocycles. The summed E-state index contributed by atoms with van der Waals surface area (Å²) in [4.78, 5) is 10.6. The molecule has 3 nitrogen and oxygen atoms in total. The van der Waals surface area contributed by atoms with Gasteiger partial charge in [0.05, 0.1) is 12.2 Å². The molecule has 1 saturated carbocycles. The third-order valence-electron chi connectivity index (χ3n) is 3.46. The number of ether oxygens (including phenoxy) is 2. The van der Waals surface area contributed by atoms with Crippen LogP contribution in [0.5, 0.6) is 0 Å². The molecule has 1 aliphatic carbocycles. The molecule has 0 amide bonds. The van der Waals surface area contributed by atoms with Crippen LogP contribution in [0.15, 0.2) is 0 Å². The maximum atomic E-state index is 10.6. The Morgan fingerprint density at radius 1 is 0.933 bits per heavy atom. The van der Waals surface area contributed by atoms with Gasteiger partial charge in [0.2, 0.25) is 0 Å². The van der Waals surface area contributed by atoms with Crippen LogP contribution < -0.4 is 0 Å². The second-order valence-electron chi connectivity index (χ2n) is 4.62. The molecule has 1 heterocycles. The third-order valence-corrected chi connectivity index (χ3v) is 3.46. The molecule has 0 unspecified atom stereocenters. The van der Waals surface area contributed by atoms with Crippen molar-refractivity contribution in [1.29, 1.82) is 0 Å². The van der Waals surface area contributed by atoms with Gasteiger partial charge in [0.1, 0.15) is 6.29 Å². The average molecular weight is 212 g/mol. The first-order valence-corrected chi connectivity index (χ1v) is 6.07. The van der Waals surface area contributed by atoms with Crippen LogP contribution >= 0.6 is 0 Å². The third kappa shape index (κ3) is 3.28. The molecule has 0 bridgehead atoms. The predicted octanol–water partition coefficient (Wildman–Crippen LogP) is 1.94. The molecule has 15 heavy (non-hydrogen) atoms. The van der Waals surface area contributed by atoms with Crippen molar-refractivity contribution in [2.24, 2.45) is 5.92 Å². The van der Waals surface area contributed by atoms with E-state index in [4.69, 9.17) is 9.47 Å². The highest BCUT2D eigenvalue weighted by molar-refractivity contribution is 5.53. The van der Waals surface area contributed by atoms with Gasteiger partial charge in [-0.3, -0.25) is 0 Å². The van der Waals surface area contributed by atoms with Gasteiger partial charge >= 0.3 is 0 Å². The molecule has 1 aliphatic heterocycles. The second-order valence-corrected chi connectivity index (χ2v) is 4.62. The van der Waals surface area contributed by atoms with E-state index in [0.717, 1.165) is 58.0 Å². The van der Waals surface area contributed by atoms with E-state index in [9.17, 15) is 4.79 Å². The molecule has 0 aromatic rings. The normalized spacial score (nSPS) is 33.9. The molecule has 86 valence electrons. The van der Waals surface area contributed by atoms with Crippen molar-refractivity contribution in [3.05, 3.63) is 0 Å². The topological polar surface area (TPSA) is 35.5 Å². The van der Waals surface area contributed by atoms with Crippen LogP contribution in [0.25, 0.3) is 0 Å². The lowest BCUT2D eigenvalue weighted by molar-refractivity contribution is -0.114. The van der Waals surface area contributed by atoms with Gasteiger partial charge < -0.3 is 14.3 Å². The zero-order valence-corrected chi connectivity index (χ0v) is 9.19. The van der Waals surface area contributed by atoms with Crippen LogP contribution in [0.1, 0.15) is 38.5 Å². The monoisotopic (exact) mass is 212 g/mol. The van der Waals surface area contributed by atoms with Crippen LogP contribution in [-0.4, -0.2) is 31.7 Å². The molecular weight excluding hydrogens is 192 g/mol. The summed E-state index contributed by atoms with van der Waals surface area (Å²) in [5.41, 5.74) is 0. The van der Waals surface area contributed by atoms with Gasteiger partial charge in [0, 0.05) is 19.1 Å². The minimum absolute atomic E-state index is 0.291. The highest BCUT2D eigenvalue weighted by Crippen LogP contribution is 2.27. The van der Waals surface area contributed by atoms with Crippen LogP contribution in [0, 0.1) is 5.92 Å². The molecular formula is C12H20O3. The van der Waals surface area contributed by atoms with Crippen molar-refractivity contribution < 1.29 is 14.3 Å². The van der Waals surface area contributed by atoms with E-state index in [-0.39, 0.29) is 0 Å². The van der Waals surface area contributed by atoms with E-state index >= 15 is 0 Å². The average Bonchev–Trinajstić information content (AvgIpc) is 2.31. The summed E-state index contributed by atoms with van der Waals surface area (Å²) in [6, 6.07) is 0. The van der Waals surface area contributed by atoms with Crippen LogP contribution in [-0.2, 0) is 14.3 Å². The first-order valence-electron chi connectivity index (χ1n) is 6.07. The number of carbonyl (C=O) groups is 1. The Bertz CT molecular complexity index is 191. The summed E-state index contributed by atoms with van der Waals surface area (Å²) in [5.74, 6) is 0.291. The van der Waals surface area contributed by atoms with Crippen molar-refractivity contribution in [1.82, 2.24) is 0 Å². The molecule has 0 N–H and O–H groups in total. The molecule has 0 aromatic heterocycles. The van der Waals surface area contributed by atoms with Gasteiger partial charge in [-0.1, -0.05) is 0 Å². The van der Waals surface area contributed by atoms with Crippen LogP contribution in [0.2, 0.25) is 0 Å². The van der Waals surface area contributed by atoms with E-state index in [1.807, 2.05) is 0 Å². The summed E-state index contributed by atoms with van der Waals surface area (Å²) >= 11 is 0. The zero-order chi connectivity index (χ0) is 10.5. The molecule has 2 rings (SSSR count). The molecule has 3 heteroatoms. The zero-order valence-electron chi connectivity index (χ0n) is 9.19. The fraction of sp³-hybridized carbons (Fsp3) is 0.917. The second kappa shape index (κ2) is 5.61. The fourth-order valence-corrected chi connectivity index (χ4v) is 2.44. The lowest BCUT2D eigenvalue weighted by Gasteiger charge is -2.31. The van der Waals surface area contributed by atoms with Crippen LogP contribution in [0.3, 0.4) is 0 Å². The summed E-state index contributed by atoms with van der Waals surface area (Å²) in [6.07, 6.45) is 8.10. The SMILES string of the molecule is O=CC1CCC(OC2CCOCC2)CC1. The van der Waals surface area contributed by atoms with Gasteiger partial charge in [-0.15, -0.1) is 0 Å². The number of hydrogen-bond donors (Lipinski definition) is 0. The standard InChI is InChI=1S/C12H20O3/c13-9-10-1-3-11(4-2-10)15-12-5-7-14-8-6-12/h9-12H,1-8H2. The Morgan fingerprint density at radius 2 is 1.53 bits per heavy atom. The maximum absolute atomic E-state index is 10.6. The Morgan fingerprint density at radius 3 is 2.13 bits per heavy atom. The first kappa shape index (κ1) is 11.1. The minimum Gasteiger partial charge on any atom is -0.381 e. The fourth-order valence-electron chi connectivity index (χ4n) is 2.44. The smallest absolute Gasteiger partial charge is 0.123 e. The lowest BCUT2D eigenvalue weighted by Crippen LogP contribution is -2.31. The Kier molecular flexibility index (Phi) is 4.15. The molecule has 0 radical (unpaired) electrons. The van der Waals surface area contributed by atoms with Crippen molar-refractivity contribution >= 4 is 6.29 Å². The molecule has 2 aliphatic rings. The molecule has 0 spiro atoms. The lowest BCUT2D eigenvalue weighted by atomic mass is 9.88. The van der Waals surface area contributed by atoms with Crippen molar-refractivity contribution in [2.75, 3.05) is 13.2 Å². The minimum atomic E-state index is 0.291. The number of hydrogen-bond acceptors (Lipinski definition) is 3. The summed E-state index contributed by atoms with van der Waals surface area (Å²) in [6.45, 7) is 1.68. The number of rotatable bonds is 3. The van der Waals surface area contributed by atoms with E-state index in [1.165, 1.54) is 0 Å². The van der Waals surface area contributed by atoms with Crippen molar-refractivity contribution in [3.8, 4) is 0 Å². The van der Waals surface area contributed by atoms with Crippen LogP contribution in [0.4, 0.5) is 0 Å². The van der Waals surface area contributed by atoms with Gasteiger partial charge in [0.25, 0.3) is 0 Å². The Hall–Kier alpha value is -0.410. The Labute approximate surface area is 91.1 Å². The van der Waals surface area contributed by atoms with E-state index < -0.39 is 0 Å². The highest BCUT2D eigenvalue weighted by atomic mass is 16.5. The van der Waals surface area contributed by atoms with Crippen molar-refractivity contribution in [2.45, 2.75) is 50.7 Å². The molecule has 0 atom stereocenters. The van der Waals surface area contributed by atoms with Crippen molar-refractivity contribution in [3.63, 3.8) is 0 Å². The number of aldehydes is 1. The van der Waals surface area contributed by atoms with E-state index in [0.29, 0.717) is 18.1 Å². The summed E-state index contributed by atoms with van der Waals surface area (Å²) in [5, 5.41) is 0. The Balaban J connectivity index is 1.69. The quantitative estimate of drug-likeness (QED) is 0.671. The number of carbonyl (C=O) groups excluding carboxylic acids is 1. The van der Waals surface area contributed by atoms with Gasteiger partial charge in [-0.25, -0.2) is 0 Å². The van der Waals surface area contributed by atoms with E-state index in [1.54, 1.807) is 0 Å². The van der Waals surface area contributed by atoms with E-state index in [2.05, 4.69) is 0 Å². The maximum Gasteiger partial charge on any atom is 0.123 e.